The molecule has 0 aliphatic heterocycles. The first kappa shape index (κ1) is 13.6. The zero-order valence-electron chi connectivity index (χ0n) is 9.51. The molecule has 1 N–H and O–H groups in total. The highest BCUT2D eigenvalue weighted by Crippen LogP contribution is 2.41. The first-order chi connectivity index (χ1) is 8.46. The molecule has 2 nitrogen and oxygen atoms in total. The summed E-state index contributed by atoms with van der Waals surface area (Å²) in [6.07, 6.45) is -2.33. The van der Waals surface area contributed by atoms with Crippen LogP contribution in [0.15, 0.2) is 24.3 Å². The molecule has 1 unspecified atom stereocenters. The van der Waals surface area contributed by atoms with Crippen LogP contribution in [0.2, 0.25) is 5.02 Å². The van der Waals surface area contributed by atoms with E-state index in [2.05, 4.69) is 10.3 Å². The van der Waals surface area contributed by atoms with Gasteiger partial charge in [-0.1, -0.05) is 23.7 Å². The molecule has 2 rings (SSSR count). The number of rotatable bonds is 5. The molecular weight excluding hydrogens is 267 g/mol. The van der Waals surface area contributed by atoms with E-state index in [4.69, 9.17) is 11.6 Å². The summed E-state index contributed by atoms with van der Waals surface area (Å²) in [6.45, 7) is -1.29. The maximum atomic E-state index is 12.0. The van der Waals surface area contributed by atoms with Crippen molar-refractivity contribution >= 4 is 11.6 Å². The second-order valence-corrected chi connectivity index (χ2v) is 4.82. The predicted octanol–water partition coefficient (Wildman–Crippen LogP) is 3.87. The molecule has 0 aromatic heterocycles. The van der Waals surface area contributed by atoms with Crippen LogP contribution < -0.4 is 5.48 Å². The molecule has 1 atom stereocenters. The molecule has 1 aliphatic rings. The van der Waals surface area contributed by atoms with Gasteiger partial charge in [0.25, 0.3) is 0 Å². The van der Waals surface area contributed by atoms with Crippen molar-refractivity contribution < 1.29 is 18.0 Å². The van der Waals surface area contributed by atoms with Crippen LogP contribution in [0.25, 0.3) is 0 Å². The van der Waals surface area contributed by atoms with Gasteiger partial charge in [0.1, 0.15) is 0 Å². The predicted molar refractivity (Wildman–Crippen MR) is 62.1 cm³/mol. The minimum atomic E-state index is -4.32. The Hall–Kier alpha value is -0.780. The van der Waals surface area contributed by atoms with Gasteiger partial charge in [0.05, 0.1) is 6.04 Å². The Morgan fingerprint density at radius 3 is 2.39 bits per heavy atom. The first-order valence-corrected chi connectivity index (χ1v) is 6.03. The van der Waals surface area contributed by atoms with Crippen LogP contribution in [0.4, 0.5) is 13.2 Å². The van der Waals surface area contributed by atoms with Crippen LogP contribution in [0.1, 0.15) is 24.4 Å². The Bertz CT molecular complexity index is 389. The normalized spacial score (nSPS) is 17.8. The fraction of sp³-hybridized carbons (Fsp3) is 0.500. The Morgan fingerprint density at radius 2 is 1.89 bits per heavy atom. The lowest BCUT2D eigenvalue weighted by atomic mass is 10.0. The van der Waals surface area contributed by atoms with Gasteiger partial charge in [-0.2, -0.15) is 18.7 Å². The van der Waals surface area contributed by atoms with Gasteiger partial charge in [-0.05, 0) is 36.5 Å². The largest absolute Gasteiger partial charge is 0.413 e. The molecule has 0 heterocycles. The molecule has 1 fully saturated rings. The average Bonchev–Trinajstić information content (AvgIpc) is 3.08. The highest BCUT2D eigenvalue weighted by Gasteiger charge is 2.34. The molecule has 0 saturated heterocycles. The maximum Gasteiger partial charge on any atom is 0.413 e. The summed E-state index contributed by atoms with van der Waals surface area (Å²) in [5, 5.41) is 0.601. The highest BCUT2D eigenvalue weighted by molar-refractivity contribution is 6.30. The average molecular weight is 280 g/mol. The molecule has 0 bridgehead atoms. The Balaban J connectivity index is 1.94. The van der Waals surface area contributed by atoms with Gasteiger partial charge in [-0.25, -0.2) is 0 Å². The summed E-state index contributed by atoms with van der Waals surface area (Å²) < 4.78 is 36.0. The topological polar surface area (TPSA) is 21.3 Å². The molecule has 100 valence electrons. The summed E-state index contributed by atoms with van der Waals surface area (Å²) in [6, 6.07) is 6.84. The van der Waals surface area contributed by atoms with Crippen molar-refractivity contribution in [2.75, 3.05) is 6.61 Å². The van der Waals surface area contributed by atoms with Crippen LogP contribution in [-0.2, 0) is 4.84 Å². The first-order valence-electron chi connectivity index (χ1n) is 5.65. The Labute approximate surface area is 108 Å². The van der Waals surface area contributed by atoms with Gasteiger partial charge in [-0.15, -0.1) is 0 Å². The number of halogens is 4. The lowest BCUT2D eigenvalue weighted by Crippen LogP contribution is -2.29. The monoisotopic (exact) mass is 279 g/mol. The molecular formula is C12H13ClF3NO. The summed E-state index contributed by atoms with van der Waals surface area (Å²) in [5.41, 5.74) is 3.40. The van der Waals surface area contributed by atoms with Crippen LogP contribution in [0.5, 0.6) is 0 Å². The summed E-state index contributed by atoms with van der Waals surface area (Å²) in [7, 11) is 0. The van der Waals surface area contributed by atoms with Gasteiger partial charge in [0.2, 0.25) is 0 Å². The molecule has 1 aromatic carbocycles. The van der Waals surface area contributed by atoms with Crippen molar-refractivity contribution in [2.24, 2.45) is 5.92 Å². The van der Waals surface area contributed by atoms with Gasteiger partial charge >= 0.3 is 6.18 Å². The second-order valence-electron chi connectivity index (χ2n) is 4.39. The van der Waals surface area contributed by atoms with Gasteiger partial charge < -0.3 is 0 Å². The molecule has 1 saturated carbocycles. The van der Waals surface area contributed by atoms with Crippen molar-refractivity contribution in [2.45, 2.75) is 25.1 Å². The Kier molecular flexibility index (Phi) is 4.14. The Morgan fingerprint density at radius 1 is 1.28 bits per heavy atom. The zero-order chi connectivity index (χ0) is 13.2. The van der Waals surface area contributed by atoms with E-state index in [1.165, 1.54) is 0 Å². The van der Waals surface area contributed by atoms with E-state index in [1.54, 1.807) is 24.3 Å². The van der Waals surface area contributed by atoms with Crippen molar-refractivity contribution in [1.29, 1.82) is 0 Å². The molecule has 0 amide bonds. The van der Waals surface area contributed by atoms with Gasteiger partial charge in [0.15, 0.2) is 6.61 Å². The van der Waals surface area contributed by atoms with Gasteiger partial charge in [-0.3, -0.25) is 4.84 Å². The minimum absolute atomic E-state index is 0.204. The molecule has 0 spiro atoms. The van der Waals surface area contributed by atoms with Gasteiger partial charge in [0, 0.05) is 5.02 Å². The standard InChI is InChI=1S/C12H13ClF3NO/c13-10-5-3-9(4-6-10)11(8-1-2-8)17-18-7-12(14,15)16/h3-6,8,11,17H,1-2,7H2. The lowest BCUT2D eigenvalue weighted by Gasteiger charge is -2.19. The molecule has 1 aliphatic carbocycles. The molecule has 0 radical (unpaired) electrons. The third-order valence-electron chi connectivity index (χ3n) is 2.77. The second kappa shape index (κ2) is 5.47. The summed E-state index contributed by atoms with van der Waals surface area (Å²) in [5.74, 6) is 0.333. The van der Waals surface area contributed by atoms with E-state index in [0.717, 1.165) is 18.4 Å². The van der Waals surface area contributed by atoms with Crippen LogP contribution in [0, 0.1) is 5.92 Å². The highest BCUT2D eigenvalue weighted by atomic mass is 35.5. The van der Waals surface area contributed by atoms with E-state index in [1.807, 2.05) is 0 Å². The van der Waals surface area contributed by atoms with Crippen molar-refractivity contribution in [3.63, 3.8) is 0 Å². The number of benzene rings is 1. The van der Waals surface area contributed by atoms with E-state index in [-0.39, 0.29) is 6.04 Å². The minimum Gasteiger partial charge on any atom is -0.292 e. The van der Waals surface area contributed by atoms with Crippen LogP contribution in [-0.4, -0.2) is 12.8 Å². The smallest absolute Gasteiger partial charge is 0.292 e. The lowest BCUT2D eigenvalue weighted by molar-refractivity contribution is -0.194. The number of hydrogen-bond acceptors (Lipinski definition) is 2. The number of nitrogens with one attached hydrogen (secondary N) is 1. The molecule has 18 heavy (non-hydrogen) atoms. The van der Waals surface area contributed by atoms with Crippen LogP contribution in [0.3, 0.4) is 0 Å². The number of hydrogen-bond donors (Lipinski definition) is 1. The van der Waals surface area contributed by atoms with E-state index < -0.39 is 12.8 Å². The third kappa shape index (κ3) is 4.15. The van der Waals surface area contributed by atoms with Crippen molar-refractivity contribution in [1.82, 2.24) is 5.48 Å². The summed E-state index contributed by atoms with van der Waals surface area (Å²) >= 11 is 5.78. The quantitative estimate of drug-likeness (QED) is 0.826. The molecule has 6 heteroatoms. The van der Waals surface area contributed by atoms with E-state index in [9.17, 15) is 13.2 Å². The zero-order valence-corrected chi connectivity index (χ0v) is 10.3. The number of hydroxylamine groups is 1. The number of alkyl halides is 3. The van der Waals surface area contributed by atoms with Crippen LogP contribution >= 0.6 is 11.6 Å². The summed E-state index contributed by atoms with van der Waals surface area (Å²) in [4.78, 5) is 4.54. The van der Waals surface area contributed by atoms with Crippen molar-refractivity contribution in [3.05, 3.63) is 34.9 Å². The van der Waals surface area contributed by atoms with Crippen molar-refractivity contribution in [3.8, 4) is 0 Å². The van der Waals surface area contributed by atoms with E-state index >= 15 is 0 Å². The molecule has 1 aromatic rings. The fourth-order valence-corrected chi connectivity index (χ4v) is 1.88. The third-order valence-corrected chi connectivity index (χ3v) is 3.02. The maximum absolute atomic E-state index is 12.0. The fourth-order valence-electron chi connectivity index (χ4n) is 1.75. The van der Waals surface area contributed by atoms with E-state index in [0.29, 0.717) is 10.9 Å². The SMILES string of the molecule is FC(F)(F)CONC(c1ccc(Cl)cc1)C1CC1.